The molecule has 1 aliphatic heterocycles. The van der Waals surface area contributed by atoms with Crippen molar-refractivity contribution >= 4 is 61.9 Å². The SMILES string of the molecule is COCCOc1ccc(N2C(=S)N[C@H](c3ccccn3)[C@@H]2c2ccc(Br)s2)cc1Cl. The average molecular weight is 525 g/mol. The number of methoxy groups -OCH3 is 1. The van der Waals surface area contributed by atoms with Crippen molar-refractivity contribution in [3.8, 4) is 5.75 Å². The van der Waals surface area contributed by atoms with Gasteiger partial charge in [0, 0.05) is 23.9 Å². The van der Waals surface area contributed by atoms with Crippen molar-refractivity contribution in [1.82, 2.24) is 10.3 Å². The summed E-state index contributed by atoms with van der Waals surface area (Å²) in [6.07, 6.45) is 1.80. The summed E-state index contributed by atoms with van der Waals surface area (Å²) in [5, 5.41) is 4.60. The molecule has 0 radical (unpaired) electrons. The number of rotatable bonds is 7. The zero-order valence-corrected chi connectivity index (χ0v) is 20.0. The summed E-state index contributed by atoms with van der Waals surface area (Å²) in [4.78, 5) is 7.83. The van der Waals surface area contributed by atoms with Gasteiger partial charge in [0.15, 0.2) is 5.11 Å². The van der Waals surface area contributed by atoms with E-state index >= 15 is 0 Å². The molecule has 0 unspecified atom stereocenters. The molecule has 0 aliphatic carbocycles. The van der Waals surface area contributed by atoms with Gasteiger partial charge in [-0.15, -0.1) is 11.3 Å². The predicted octanol–water partition coefficient (Wildman–Crippen LogP) is 5.76. The monoisotopic (exact) mass is 523 g/mol. The smallest absolute Gasteiger partial charge is 0.174 e. The highest BCUT2D eigenvalue weighted by molar-refractivity contribution is 9.11. The highest BCUT2D eigenvalue weighted by Gasteiger charge is 2.41. The van der Waals surface area contributed by atoms with E-state index < -0.39 is 0 Å². The molecule has 2 aromatic heterocycles. The number of thiophene rings is 1. The summed E-state index contributed by atoms with van der Waals surface area (Å²) >= 11 is 17.5. The number of halogens is 2. The van der Waals surface area contributed by atoms with Crippen molar-refractivity contribution in [1.29, 1.82) is 0 Å². The van der Waals surface area contributed by atoms with E-state index in [4.69, 9.17) is 33.3 Å². The molecule has 1 aliphatic rings. The van der Waals surface area contributed by atoms with E-state index in [1.807, 2.05) is 36.4 Å². The summed E-state index contributed by atoms with van der Waals surface area (Å²) in [6, 6.07) is 15.7. The number of anilines is 1. The van der Waals surface area contributed by atoms with Crippen molar-refractivity contribution in [3.63, 3.8) is 0 Å². The van der Waals surface area contributed by atoms with Crippen LogP contribution in [0.25, 0.3) is 0 Å². The average Bonchev–Trinajstić information content (AvgIpc) is 3.33. The van der Waals surface area contributed by atoms with Gasteiger partial charge in [-0.2, -0.15) is 0 Å². The molecular formula is C21H19BrClN3O2S2. The highest BCUT2D eigenvalue weighted by atomic mass is 79.9. The van der Waals surface area contributed by atoms with Crippen LogP contribution in [0.2, 0.25) is 5.02 Å². The lowest BCUT2D eigenvalue weighted by Gasteiger charge is -2.27. The fraction of sp³-hybridized carbons (Fsp3) is 0.238. The van der Waals surface area contributed by atoms with Crippen LogP contribution in [0.1, 0.15) is 22.7 Å². The molecule has 9 heteroatoms. The van der Waals surface area contributed by atoms with E-state index in [0.29, 0.717) is 29.1 Å². The van der Waals surface area contributed by atoms with Crippen LogP contribution in [0.3, 0.4) is 0 Å². The summed E-state index contributed by atoms with van der Waals surface area (Å²) in [5.74, 6) is 0.618. The van der Waals surface area contributed by atoms with E-state index in [1.165, 1.54) is 4.88 Å². The molecule has 1 N–H and O–H groups in total. The number of pyridine rings is 1. The van der Waals surface area contributed by atoms with Crippen molar-refractivity contribution in [3.05, 3.63) is 74.1 Å². The number of thiocarbonyl (C=S) groups is 1. The summed E-state index contributed by atoms with van der Waals surface area (Å²) < 4.78 is 11.8. The minimum absolute atomic E-state index is 0.0555. The molecule has 1 saturated heterocycles. The third-order valence-electron chi connectivity index (χ3n) is 4.72. The first kappa shape index (κ1) is 21.5. The number of benzene rings is 1. The fourth-order valence-electron chi connectivity index (χ4n) is 3.40. The molecule has 156 valence electrons. The Morgan fingerprint density at radius 2 is 2.10 bits per heavy atom. The maximum atomic E-state index is 6.51. The molecule has 3 aromatic rings. The maximum Gasteiger partial charge on any atom is 0.174 e. The number of nitrogens with one attached hydrogen (secondary N) is 1. The Hall–Kier alpha value is -1.71. The Labute approximate surface area is 198 Å². The second-order valence-corrected chi connectivity index (χ2v) is 9.88. The Morgan fingerprint density at radius 1 is 1.23 bits per heavy atom. The van der Waals surface area contributed by atoms with Crippen LogP contribution >= 0.6 is 51.1 Å². The highest BCUT2D eigenvalue weighted by Crippen LogP contribution is 2.45. The number of hydrogen-bond donors (Lipinski definition) is 1. The van der Waals surface area contributed by atoms with Crippen molar-refractivity contribution in [2.75, 3.05) is 25.2 Å². The van der Waals surface area contributed by atoms with Gasteiger partial charge in [0.2, 0.25) is 0 Å². The Kier molecular flexibility index (Phi) is 6.90. The minimum Gasteiger partial charge on any atom is -0.490 e. The molecule has 0 spiro atoms. The van der Waals surface area contributed by atoms with Crippen LogP contribution in [0.15, 0.2) is 58.5 Å². The van der Waals surface area contributed by atoms with Gasteiger partial charge in [0.05, 0.1) is 33.2 Å². The standard InChI is InChI=1S/C21H19BrClN3O2S2/c1-27-10-11-28-16-6-5-13(12-14(16)23)26-20(17-7-8-18(22)30-17)19(25-21(26)29)15-4-2-3-9-24-15/h2-9,12,19-20H,10-11H2,1H3,(H,25,29)/t19-,20+/m1/s1. The molecular weight excluding hydrogens is 506 g/mol. The lowest BCUT2D eigenvalue weighted by atomic mass is 10.0. The summed E-state index contributed by atoms with van der Waals surface area (Å²) in [7, 11) is 1.64. The molecule has 4 rings (SSSR count). The van der Waals surface area contributed by atoms with Gasteiger partial charge in [0.25, 0.3) is 0 Å². The quantitative estimate of drug-likeness (QED) is 0.313. The number of hydrogen-bond acceptors (Lipinski definition) is 5. The van der Waals surface area contributed by atoms with Crippen LogP contribution in [-0.4, -0.2) is 30.4 Å². The first-order valence-corrected chi connectivity index (χ1v) is 11.6. The zero-order chi connectivity index (χ0) is 21.1. The molecule has 1 aromatic carbocycles. The van der Waals surface area contributed by atoms with Crippen molar-refractivity contribution in [2.24, 2.45) is 0 Å². The van der Waals surface area contributed by atoms with Crippen LogP contribution in [0.4, 0.5) is 5.69 Å². The van der Waals surface area contributed by atoms with Gasteiger partial charge in [-0.1, -0.05) is 17.7 Å². The second kappa shape index (κ2) is 9.62. The third-order valence-corrected chi connectivity index (χ3v) is 7.03. The van der Waals surface area contributed by atoms with Gasteiger partial charge in [-0.05, 0) is 70.6 Å². The van der Waals surface area contributed by atoms with Gasteiger partial charge in [0.1, 0.15) is 12.4 Å². The zero-order valence-electron chi connectivity index (χ0n) is 16.0. The van der Waals surface area contributed by atoms with Gasteiger partial charge in [-0.3, -0.25) is 4.98 Å². The Bertz CT molecular complexity index is 1030. The van der Waals surface area contributed by atoms with Crippen LogP contribution in [-0.2, 0) is 4.74 Å². The first-order valence-electron chi connectivity index (χ1n) is 9.25. The molecule has 5 nitrogen and oxygen atoms in total. The number of aromatic nitrogens is 1. The van der Waals surface area contributed by atoms with Crippen molar-refractivity contribution < 1.29 is 9.47 Å². The third kappa shape index (κ3) is 4.48. The minimum atomic E-state index is -0.0827. The normalized spacial score (nSPS) is 18.5. The molecule has 30 heavy (non-hydrogen) atoms. The van der Waals surface area contributed by atoms with Gasteiger partial charge in [-0.25, -0.2) is 0 Å². The number of nitrogens with zero attached hydrogens (tertiary/aromatic N) is 2. The first-order chi connectivity index (χ1) is 14.6. The molecule has 0 bridgehead atoms. The molecule has 0 amide bonds. The Morgan fingerprint density at radius 3 is 2.77 bits per heavy atom. The van der Waals surface area contributed by atoms with E-state index in [9.17, 15) is 0 Å². The van der Waals surface area contributed by atoms with E-state index in [1.54, 1.807) is 24.6 Å². The second-order valence-electron chi connectivity index (χ2n) is 6.59. The van der Waals surface area contributed by atoms with E-state index in [0.717, 1.165) is 15.2 Å². The Balaban J connectivity index is 1.70. The molecule has 1 fully saturated rings. The lowest BCUT2D eigenvalue weighted by molar-refractivity contribution is 0.146. The fourth-order valence-corrected chi connectivity index (χ4v) is 5.53. The predicted molar refractivity (Wildman–Crippen MR) is 129 cm³/mol. The topological polar surface area (TPSA) is 46.6 Å². The molecule has 0 saturated carbocycles. The van der Waals surface area contributed by atoms with E-state index in [2.05, 4.69) is 43.3 Å². The summed E-state index contributed by atoms with van der Waals surface area (Å²) in [5.41, 5.74) is 1.83. The van der Waals surface area contributed by atoms with Crippen LogP contribution in [0.5, 0.6) is 5.75 Å². The van der Waals surface area contributed by atoms with Gasteiger partial charge >= 0.3 is 0 Å². The lowest BCUT2D eigenvalue weighted by Crippen LogP contribution is -2.29. The maximum absolute atomic E-state index is 6.51. The van der Waals surface area contributed by atoms with Gasteiger partial charge < -0.3 is 19.7 Å². The summed E-state index contributed by atoms with van der Waals surface area (Å²) in [6.45, 7) is 0.937. The molecule has 3 heterocycles. The van der Waals surface area contributed by atoms with Crippen molar-refractivity contribution in [2.45, 2.75) is 12.1 Å². The largest absolute Gasteiger partial charge is 0.490 e. The van der Waals surface area contributed by atoms with Crippen LogP contribution in [0, 0.1) is 0 Å². The number of ether oxygens (including phenoxy) is 2. The van der Waals surface area contributed by atoms with E-state index in [-0.39, 0.29) is 12.1 Å². The van der Waals surface area contributed by atoms with Crippen LogP contribution < -0.4 is 15.0 Å². The molecule has 2 atom stereocenters.